The number of anilines is 2. The van der Waals surface area contributed by atoms with Crippen LogP contribution < -0.4 is 16.0 Å². The molecule has 20 heavy (non-hydrogen) atoms. The van der Waals surface area contributed by atoms with E-state index in [0.29, 0.717) is 0 Å². The standard InChI is InChI=1S/C16H25N3O/c1-11-10-12(19(3)4)7-8-13(11)18-15(20)16(2)9-5-6-14(16)17/h7-8,10,14H,5-6,9,17H2,1-4H3,(H,18,20). The molecule has 1 aromatic carbocycles. The lowest BCUT2D eigenvalue weighted by molar-refractivity contribution is -0.125. The molecule has 110 valence electrons. The summed E-state index contributed by atoms with van der Waals surface area (Å²) in [7, 11) is 4.01. The maximum Gasteiger partial charge on any atom is 0.231 e. The van der Waals surface area contributed by atoms with Crippen molar-refractivity contribution >= 4 is 17.3 Å². The number of carbonyl (C=O) groups excluding carboxylic acids is 1. The molecule has 0 aromatic heterocycles. The van der Waals surface area contributed by atoms with Gasteiger partial charge in [0.1, 0.15) is 0 Å². The third-order valence-electron chi connectivity index (χ3n) is 4.52. The fraction of sp³-hybridized carbons (Fsp3) is 0.562. The Morgan fingerprint density at radius 2 is 2.15 bits per heavy atom. The lowest BCUT2D eigenvalue weighted by Gasteiger charge is -2.28. The fourth-order valence-electron chi connectivity index (χ4n) is 2.81. The van der Waals surface area contributed by atoms with Gasteiger partial charge in [0, 0.05) is 31.5 Å². The summed E-state index contributed by atoms with van der Waals surface area (Å²) < 4.78 is 0. The van der Waals surface area contributed by atoms with E-state index < -0.39 is 5.41 Å². The summed E-state index contributed by atoms with van der Waals surface area (Å²) in [5.74, 6) is 0.0446. The van der Waals surface area contributed by atoms with Crippen LogP contribution in [-0.2, 0) is 4.79 Å². The van der Waals surface area contributed by atoms with E-state index in [-0.39, 0.29) is 11.9 Å². The van der Waals surface area contributed by atoms with Gasteiger partial charge in [-0.15, -0.1) is 0 Å². The van der Waals surface area contributed by atoms with Gasteiger partial charge in [-0.2, -0.15) is 0 Å². The Bertz CT molecular complexity index is 512. The van der Waals surface area contributed by atoms with Gasteiger partial charge in [0.2, 0.25) is 5.91 Å². The largest absolute Gasteiger partial charge is 0.378 e. The second-order valence-electron chi connectivity index (χ2n) is 6.26. The van der Waals surface area contributed by atoms with Crippen molar-refractivity contribution in [3.63, 3.8) is 0 Å². The van der Waals surface area contributed by atoms with Crippen LogP contribution in [0.1, 0.15) is 31.7 Å². The number of benzene rings is 1. The summed E-state index contributed by atoms with van der Waals surface area (Å²) in [6.07, 6.45) is 2.83. The molecule has 0 aliphatic heterocycles. The molecule has 2 unspecified atom stereocenters. The Hall–Kier alpha value is -1.55. The number of amides is 1. The zero-order chi connectivity index (χ0) is 14.9. The van der Waals surface area contributed by atoms with Crippen molar-refractivity contribution in [2.24, 2.45) is 11.1 Å². The highest BCUT2D eigenvalue weighted by atomic mass is 16.2. The number of rotatable bonds is 3. The number of hydrogen-bond donors (Lipinski definition) is 2. The van der Waals surface area contributed by atoms with E-state index in [1.807, 2.05) is 45.0 Å². The van der Waals surface area contributed by atoms with Crippen LogP contribution in [0.2, 0.25) is 0 Å². The average molecular weight is 275 g/mol. The van der Waals surface area contributed by atoms with Crippen molar-refractivity contribution in [3.05, 3.63) is 23.8 Å². The Labute approximate surface area is 121 Å². The second kappa shape index (κ2) is 5.44. The van der Waals surface area contributed by atoms with Gasteiger partial charge in [0.05, 0.1) is 5.41 Å². The van der Waals surface area contributed by atoms with Crippen molar-refractivity contribution in [3.8, 4) is 0 Å². The first-order valence-electron chi connectivity index (χ1n) is 7.19. The van der Waals surface area contributed by atoms with Crippen LogP contribution in [0.4, 0.5) is 11.4 Å². The Kier molecular flexibility index (Phi) is 4.04. The van der Waals surface area contributed by atoms with Gasteiger partial charge in [-0.05, 0) is 50.5 Å². The minimum atomic E-state index is -0.438. The van der Waals surface area contributed by atoms with Crippen LogP contribution in [0.15, 0.2) is 18.2 Å². The smallest absolute Gasteiger partial charge is 0.231 e. The number of hydrogen-bond acceptors (Lipinski definition) is 3. The molecular formula is C16H25N3O. The summed E-state index contributed by atoms with van der Waals surface area (Å²) in [6, 6.07) is 6.02. The quantitative estimate of drug-likeness (QED) is 0.891. The predicted molar refractivity (Wildman–Crippen MR) is 84.1 cm³/mol. The molecule has 2 rings (SSSR count). The molecule has 1 saturated carbocycles. The van der Waals surface area contributed by atoms with E-state index >= 15 is 0 Å². The highest BCUT2D eigenvalue weighted by Crippen LogP contribution is 2.38. The number of nitrogens with one attached hydrogen (secondary N) is 1. The second-order valence-corrected chi connectivity index (χ2v) is 6.26. The molecule has 1 aliphatic rings. The minimum absolute atomic E-state index is 0.0381. The predicted octanol–water partition coefficient (Wildman–Crippen LogP) is 2.52. The third-order valence-corrected chi connectivity index (χ3v) is 4.52. The maximum absolute atomic E-state index is 12.5. The van der Waals surface area contributed by atoms with E-state index in [0.717, 1.165) is 36.2 Å². The van der Waals surface area contributed by atoms with Gasteiger partial charge in [-0.25, -0.2) is 0 Å². The van der Waals surface area contributed by atoms with Crippen LogP contribution in [0.3, 0.4) is 0 Å². The molecule has 1 amide bonds. The van der Waals surface area contributed by atoms with Gasteiger partial charge >= 0.3 is 0 Å². The van der Waals surface area contributed by atoms with E-state index in [2.05, 4.69) is 11.4 Å². The summed E-state index contributed by atoms with van der Waals surface area (Å²) in [5.41, 5.74) is 8.74. The lowest BCUT2D eigenvalue weighted by Crippen LogP contribution is -2.44. The van der Waals surface area contributed by atoms with E-state index in [4.69, 9.17) is 5.73 Å². The van der Waals surface area contributed by atoms with Crippen LogP contribution in [0, 0.1) is 12.3 Å². The van der Waals surface area contributed by atoms with E-state index in [1.165, 1.54) is 0 Å². The summed E-state index contributed by atoms with van der Waals surface area (Å²) in [4.78, 5) is 14.6. The number of nitrogens with two attached hydrogens (primary N) is 1. The molecule has 0 heterocycles. The molecule has 0 bridgehead atoms. The minimum Gasteiger partial charge on any atom is -0.378 e. The molecule has 2 atom stereocenters. The zero-order valence-corrected chi connectivity index (χ0v) is 12.9. The lowest BCUT2D eigenvalue weighted by atomic mass is 9.84. The summed E-state index contributed by atoms with van der Waals surface area (Å²) >= 11 is 0. The van der Waals surface area contributed by atoms with E-state index in [9.17, 15) is 4.79 Å². The van der Waals surface area contributed by atoms with Crippen molar-refractivity contribution in [1.29, 1.82) is 0 Å². The molecule has 1 fully saturated rings. The molecule has 0 saturated heterocycles. The van der Waals surface area contributed by atoms with Crippen molar-refractivity contribution in [1.82, 2.24) is 0 Å². The molecular weight excluding hydrogens is 250 g/mol. The van der Waals surface area contributed by atoms with Gasteiger partial charge in [0.15, 0.2) is 0 Å². The SMILES string of the molecule is Cc1cc(N(C)C)ccc1NC(=O)C1(C)CCCC1N. The molecule has 4 nitrogen and oxygen atoms in total. The Morgan fingerprint density at radius 1 is 1.45 bits per heavy atom. The Morgan fingerprint density at radius 3 is 2.65 bits per heavy atom. The molecule has 0 radical (unpaired) electrons. The highest BCUT2D eigenvalue weighted by Gasteiger charge is 2.43. The first-order chi connectivity index (χ1) is 9.34. The van der Waals surface area contributed by atoms with Gasteiger partial charge in [0.25, 0.3) is 0 Å². The monoisotopic (exact) mass is 275 g/mol. The summed E-state index contributed by atoms with van der Waals surface area (Å²) in [5, 5.41) is 3.05. The van der Waals surface area contributed by atoms with Crippen LogP contribution in [-0.4, -0.2) is 26.0 Å². The summed E-state index contributed by atoms with van der Waals surface area (Å²) in [6.45, 7) is 3.99. The average Bonchev–Trinajstić information content (AvgIpc) is 2.73. The van der Waals surface area contributed by atoms with Gasteiger partial charge in [-0.1, -0.05) is 6.42 Å². The fourth-order valence-corrected chi connectivity index (χ4v) is 2.81. The first kappa shape index (κ1) is 14.9. The first-order valence-corrected chi connectivity index (χ1v) is 7.19. The molecule has 1 aliphatic carbocycles. The molecule has 0 spiro atoms. The van der Waals surface area contributed by atoms with Crippen molar-refractivity contribution < 1.29 is 4.79 Å². The van der Waals surface area contributed by atoms with E-state index in [1.54, 1.807) is 0 Å². The topological polar surface area (TPSA) is 58.4 Å². The maximum atomic E-state index is 12.5. The third kappa shape index (κ3) is 2.66. The molecule has 3 N–H and O–H groups in total. The highest BCUT2D eigenvalue weighted by molar-refractivity contribution is 5.96. The van der Waals surface area contributed by atoms with Gasteiger partial charge in [-0.3, -0.25) is 4.79 Å². The normalized spacial score (nSPS) is 25.6. The number of nitrogens with zero attached hydrogens (tertiary/aromatic N) is 1. The van der Waals surface area contributed by atoms with Crippen LogP contribution in [0.5, 0.6) is 0 Å². The number of aryl methyl sites for hydroxylation is 1. The number of carbonyl (C=O) groups is 1. The van der Waals surface area contributed by atoms with Crippen molar-refractivity contribution in [2.45, 2.75) is 39.2 Å². The van der Waals surface area contributed by atoms with Crippen LogP contribution in [0.25, 0.3) is 0 Å². The van der Waals surface area contributed by atoms with Crippen LogP contribution >= 0.6 is 0 Å². The molecule has 4 heteroatoms. The van der Waals surface area contributed by atoms with Crippen molar-refractivity contribution in [2.75, 3.05) is 24.3 Å². The Balaban J connectivity index is 2.16. The zero-order valence-electron chi connectivity index (χ0n) is 12.9. The molecule has 1 aromatic rings. The van der Waals surface area contributed by atoms with Gasteiger partial charge < -0.3 is 16.0 Å².